The van der Waals surface area contributed by atoms with Gasteiger partial charge in [0.2, 0.25) is 0 Å². The molecule has 0 aliphatic rings. The van der Waals surface area contributed by atoms with E-state index in [0.717, 1.165) is 26.3 Å². The van der Waals surface area contributed by atoms with Crippen LogP contribution in [0.15, 0.2) is 29.6 Å². The van der Waals surface area contributed by atoms with Crippen LogP contribution in [-0.2, 0) is 6.54 Å². The summed E-state index contributed by atoms with van der Waals surface area (Å²) in [6.45, 7) is 8.48. The summed E-state index contributed by atoms with van der Waals surface area (Å²) in [6.07, 6.45) is 0.135. The van der Waals surface area contributed by atoms with Crippen molar-refractivity contribution in [1.82, 2.24) is 20.5 Å². The highest BCUT2D eigenvalue weighted by Gasteiger charge is 2.14. The van der Waals surface area contributed by atoms with Gasteiger partial charge in [-0.25, -0.2) is 4.98 Å². The molecule has 1 amide bonds. The molecule has 2 aromatic heterocycles. The number of hydrogen-bond donors (Lipinski definition) is 1. The molecule has 0 bridgehead atoms. The van der Waals surface area contributed by atoms with Gasteiger partial charge >= 0.3 is 0 Å². The summed E-state index contributed by atoms with van der Waals surface area (Å²) in [5, 5.41) is 15.4. The maximum absolute atomic E-state index is 12.3. The van der Waals surface area contributed by atoms with Crippen LogP contribution in [0.5, 0.6) is 5.75 Å². The number of benzene rings is 1. The minimum Gasteiger partial charge on any atom is -0.491 e. The fourth-order valence-corrected chi connectivity index (χ4v) is 3.87. The van der Waals surface area contributed by atoms with Crippen molar-refractivity contribution in [3.63, 3.8) is 0 Å². The van der Waals surface area contributed by atoms with E-state index in [0.29, 0.717) is 18.2 Å². The van der Waals surface area contributed by atoms with E-state index in [1.54, 1.807) is 5.38 Å². The van der Waals surface area contributed by atoms with E-state index < -0.39 is 0 Å². The first-order valence-electron chi connectivity index (χ1n) is 8.75. The fourth-order valence-electron chi connectivity index (χ4n) is 2.28. The topological polar surface area (TPSA) is 77.0 Å². The Morgan fingerprint density at radius 3 is 2.52 bits per heavy atom. The lowest BCUT2D eigenvalue weighted by atomic mass is 10.2. The van der Waals surface area contributed by atoms with Crippen molar-refractivity contribution in [1.29, 1.82) is 0 Å². The molecule has 0 aliphatic carbocycles. The highest BCUT2D eigenvalue weighted by atomic mass is 32.1. The lowest BCUT2D eigenvalue weighted by Gasteiger charge is -2.09. The summed E-state index contributed by atoms with van der Waals surface area (Å²) in [5.74, 6) is 0.949. The second kappa shape index (κ2) is 8.58. The first-order chi connectivity index (χ1) is 12.9. The summed E-state index contributed by atoms with van der Waals surface area (Å²) in [7, 11) is 0. The molecule has 142 valence electrons. The van der Waals surface area contributed by atoms with Crippen molar-refractivity contribution in [2.75, 3.05) is 0 Å². The van der Waals surface area contributed by atoms with Crippen molar-refractivity contribution >= 4 is 28.6 Å². The summed E-state index contributed by atoms with van der Waals surface area (Å²) in [4.78, 5) is 16.8. The molecular formula is C19H22N4O2S2. The maximum Gasteiger partial charge on any atom is 0.271 e. The average Bonchev–Trinajstić information content (AvgIpc) is 3.29. The molecule has 1 N–H and O–H groups in total. The third kappa shape index (κ3) is 5.11. The number of rotatable bonds is 7. The van der Waals surface area contributed by atoms with E-state index in [1.165, 1.54) is 22.7 Å². The zero-order chi connectivity index (χ0) is 19.4. The van der Waals surface area contributed by atoms with Crippen LogP contribution in [0.1, 0.15) is 54.1 Å². The van der Waals surface area contributed by atoms with E-state index in [2.05, 4.69) is 34.3 Å². The molecular weight excluding hydrogens is 380 g/mol. The van der Waals surface area contributed by atoms with Crippen molar-refractivity contribution in [3.05, 3.63) is 45.4 Å². The number of carbonyl (C=O) groups excluding carboxylic acids is 1. The molecule has 3 rings (SSSR count). The minimum absolute atomic E-state index is 0.135. The largest absolute Gasteiger partial charge is 0.491 e. The molecule has 0 aliphatic heterocycles. The number of amides is 1. The van der Waals surface area contributed by atoms with Crippen LogP contribution in [-0.4, -0.2) is 27.2 Å². The zero-order valence-corrected chi connectivity index (χ0v) is 17.4. The van der Waals surface area contributed by atoms with Gasteiger partial charge < -0.3 is 10.1 Å². The second-order valence-corrected chi connectivity index (χ2v) is 8.55. The molecule has 2 heterocycles. The number of ether oxygens (including phenoxy) is 1. The lowest BCUT2D eigenvalue weighted by Crippen LogP contribution is -2.23. The van der Waals surface area contributed by atoms with Crippen molar-refractivity contribution < 1.29 is 9.53 Å². The van der Waals surface area contributed by atoms with Crippen LogP contribution in [0.2, 0.25) is 0 Å². The molecule has 0 fully saturated rings. The highest BCUT2D eigenvalue weighted by Crippen LogP contribution is 2.26. The van der Waals surface area contributed by atoms with Crippen molar-refractivity contribution in [2.24, 2.45) is 0 Å². The monoisotopic (exact) mass is 402 g/mol. The number of thiazole rings is 1. The van der Waals surface area contributed by atoms with Crippen LogP contribution < -0.4 is 10.1 Å². The zero-order valence-electron chi connectivity index (χ0n) is 15.7. The lowest BCUT2D eigenvalue weighted by molar-refractivity contribution is 0.0946. The average molecular weight is 403 g/mol. The molecule has 0 radical (unpaired) electrons. The first kappa shape index (κ1) is 19.4. The van der Waals surface area contributed by atoms with Crippen molar-refractivity contribution in [3.8, 4) is 16.3 Å². The summed E-state index contributed by atoms with van der Waals surface area (Å²) in [5.41, 5.74) is 1.37. The maximum atomic E-state index is 12.3. The van der Waals surface area contributed by atoms with Gasteiger partial charge in [-0.2, -0.15) is 0 Å². The molecule has 0 unspecified atom stereocenters. The van der Waals surface area contributed by atoms with Gasteiger partial charge in [-0.15, -0.1) is 21.5 Å². The summed E-state index contributed by atoms with van der Waals surface area (Å²) in [6, 6.07) is 7.73. The quantitative estimate of drug-likeness (QED) is 0.629. The Balaban J connectivity index is 1.61. The minimum atomic E-state index is -0.210. The Hall–Kier alpha value is -2.32. The SMILES string of the molecule is CC(C)Oc1ccc(-c2nc(C(=O)NCc3nnc(C(C)C)s3)cs2)cc1. The predicted octanol–water partition coefficient (Wildman–Crippen LogP) is 4.50. The van der Waals surface area contributed by atoms with E-state index in [-0.39, 0.29) is 12.0 Å². The number of nitrogens with one attached hydrogen (secondary N) is 1. The second-order valence-electron chi connectivity index (χ2n) is 6.60. The number of nitrogens with zero attached hydrogens (tertiary/aromatic N) is 3. The van der Waals surface area contributed by atoms with Gasteiger partial charge in [0.25, 0.3) is 5.91 Å². The summed E-state index contributed by atoms with van der Waals surface area (Å²) < 4.78 is 5.65. The normalized spacial score (nSPS) is 11.2. The van der Waals surface area contributed by atoms with E-state index >= 15 is 0 Å². The summed E-state index contributed by atoms with van der Waals surface area (Å²) >= 11 is 2.96. The molecule has 8 heteroatoms. The van der Waals surface area contributed by atoms with E-state index in [1.807, 2.05) is 38.1 Å². The smallest absolute Gasteiger partial charge is 0.271 e. The van der Waals surface area contributed by atoms with Gasteiger partial charge in [-0.05, 0) is 38.1 Å². The Labute approximate surface area is 166 Å². The van der Waals surface area contributed by atoms with E-state index in [4.69, 9.17) is 4.74 Å². The molecule has 6 nitrogen and oxygen atoms in total. The third-order valence-electron chi connectivity index (χ3n) is 3.59. The van der Waals surface area contributed by atoms with Gasteiger partial charge in [-0.3, -0.25) is 4.79 Å². The molecule has 0 atom stereocenters. The number of aromatic nitrogens is 3. The fraction of sp³-hybridized carbons (Fsp3) is 0.368. The Kier molecular flexibility index (Phi) is 6.18. The van der Waals surface area contributed by atoms with Crippen molar-refractivity contribution in [2.45, 2.75) is 46.3 Å². The molecule has 0 saturated heterocycles. The number of carbonyl (C=O) groups is 1. The number of hydrogen-bond acceptors (Lipinski definition) is 7. The predicted molar refractivity (Wildman–Crippen MR) is 108 cm³/mol. The molecule has 27 heavy (non-hydrogen) atoms. The van der Waals surface area contributed by atoms with Crippen LogP contribution in [0.4, 0.5) is 0 Å². The van der Waals surface area contributed by atoms with Gasteiger partial charge in [0.1, 0.15) is 26.5 Å². The van der Waals surface area contributed by atoms with Gasteiger partial charge in [0, 0.05) is 16.9 Å². The standard InChI is InChI=1S/C19H22N4O2S2/c1-11(2)18-23-22-16(27-18)9-20-17(24)15-10-26-19(21-15)13-5-7-14(8-6-13)25-12(3)4/h5-8,10-12H,9H2,1-4H3,(H,20,24). The Bertz CT molecular complexity index is 901. The highest BCUT2D eigenvalue weighted by molar-refractivity contribution is 7.13. The molecule has 3 aromatic rings. The molecule has 0 spiro atoms. The third-order valence-corrected chi connectivity index (χ3v) is 5.70. The van der Waals surface area contributed by atoms with Gasteiger partial charge in [-0.1, -0.05) is 25.2 Å². The molecule has 0 saturated carbocycles. The molecule has 1 aromatic carbocycles. The van der Waals surface area contributed by atoms with E-state index in [9.17, 15) is 4.79 Å². The van der Waals surface area contributed by atoms with Gasteiger partial charge in [0.15, 0.2) is 0 Å². The van der Waals surface area contributed by atoms with Crippen LogP contribution in [0, 0.1) is 0 Å². The Morgan fingerprint density at radius 1 is 1.15 bits per heavy atom. The van der Waals surface area contributed by atoms with Crippen LogP contribution in [0.3, 0.4) is 0 Å². The van der Waals surface area contributed by atoms with Crippen LogP contribution in [0.25, 0.3) is 10.6 Å². The van der Waals surface area contributed by atoms with Crippen LogP contribution >= 0.6 is 22.7 Å². The first-order valence-corrected chi connectivity index (χ1v) is 10.4. The van der Waals surface area contributed by atoms with Gasteiger partial charge in [0.05, 0.1) is 12.6 Å². The Morgan fingerprint density at radius 2 is 1.89 bits per heavy atom.